The van der Waals surface area contributed by atoms with E-state index in [0.717, 1.165) is 6.42 Å². The molecule has 0 bridgehead atoms. The number of carbonyl (C=O) groups excluding carboxylic acids is 1. The summed E-state index contributed by atoms with van der Waals surface area (Å²) >= 11 is 0. The highest BCUT2D eigenvalue weighted by Gasteiger charge is 2.62. The summed E-state index contributed by atoms with van der Waals surface area (Å²) in [6.07, 6.45) is 0.676. The molecule has 1 aliphatic carbocycles. The molecule has 0 N–H and O–H groups in total. The molecular formula is C12H19F2NO. The molecule has 0 unspecified atom stereocenters. The van der Waals surface area contributed by atoms with E-state index in [1.54, 1.807) is 4.90 Å². The fourth-order valence-electron chi connectivity index (χ4n) is 2.35. The standard InChI is InChI=1S/C12H19F2NO/c1-8(2)11(3)4-5-15(7-11)10(16)9-6-12(9,13)14/h8-9H,4-7H2,1-3H3/t9-,11+/m1/s1. The summed E-state index contributed by atoms with van der Waals surface area (Å²) < 4.78 is 25.6. The minimum atomic E-state index is -2.73. The van der Waals surface area contributed by atoms with Gasteiger partial charge in [-0.05, 0) is 17.8 Å². The molecule has 0 aromatic heterocycles. The van der Waals surface area contributed by atoms with Crippen LogP contribution in [0.2, 0.25) is 0 Å². The largest absolute Gasteiger partial charge is 0.342 e. The average Bonchev–Trinajstić information content (AvgIpc) is 2.62. The van der Waals surface area contributed by atoms with Crippen molar-refractivity contribution in [3.8, 4) is 0 Å². The summed E-state index contributed by atoms with van der Waals surface area (Å²) in [6, 6.07) is 0. The minimum Gasteiger partial charge on any atom is -0.342 e. The molecule has 0 spiro atoms. The maximum absolute atomic E-state index is 12.8. The molecule has 1 heterocycles. The zero-order valence-corrected chi connectivity index (χ0v) is 10.1. The molecule has 1 saturated carbocycles. The molecule has 2 rings (SSSR count). The molecule has 0 radical (unpaired) electrons. The zero-order valence-electron chi connectivity index (χ0n) is 10.1. The quantitative estimate of drug-likeness (QED) is 0.715. The van der Waals surface area contributed by atoms with E-state index >= 15 is 0 Å². The summed E-state index contributed by atoms with van der Waals surface area (Å²) in [7, 11) is 0. The van der Waals surface area contributed by atoms with Crippen molar-refractivity contribution < 1.29 is 13.6 Å². The number of halogens is 2. The molecule has 1 saturated heterocycles. The second-order valence-corrected chi connectivity index (χ2v) is 5.84. The second-order valence-electron chi connectivity index (χ2n) is 5.84. The first-order valence-electron chi connectivity index (χ1n) is 5.93. The van der Waals surface area contributed by atoms with Crippen molar-refractivity contribution in [3.05, 3.63) is 0 Å². The van der Waals surface area contributed by atoms with Gasteiger partial charge in [-0.3, -0.25) is 4.79 Å². The summed E-state index contributed by atoms with van der Waals surface area (Å²) in [5, 5.41) is 0. The average molecular weight is 231 g/mol. The number of hydrogen-bond acceptors (Lipinski definition) is 1. The van der Waals surface area contributed by atoms with Crippen molar-refractivity contribution in [2.45, 2.75) is 39.5 Å². The molecule has 16 heavy (non-hydrogen) atoms. The van der Waals surface area contributed by atoms with Gasteiger partial charge in [-0.15, -0.1) is 0 Å². The van der Waals surface area contributed by atoms with Crippen LogP contribution in [0, 0.1) is 17.3 Å². The van der Waals surface area contributed by atoms with Crippen molar-refractivity contribution in [1.82, 2.24) is 4.90 Å². The Morgan fingerprint density at radius 2 is 2.00 bits per heavy atom. The Morgan fingerprint density at radius 3 is 2.38 bits per heavy atom. The van der Waals surface area contributed by atoms with Crippen LogP contribution in [0.25, 0.3) is 0 Å². The molecule has 2 nitrogen and oxygen atoms in total. The van der Waals surface area contributed by atoms with E-state index in [-0.39, 0.29) is 17.7 Å². The number of likely N-dealkylation sites (tertiary alicyclic amines) is 1. The third-order valence-corrected chi connectivity index (χ3v) is 4.33. The highest BCUT2D eigenvalue weighted by molar-refractivity contribution is 5.83. The van der Waals surface area contributed by atoms with Crippen LogP contribution in [0.4, 0.5) is 8.78 Å². The molecule has 92 valence electrons. The van der Waals surface area contributed by atoms with Gasteiger partial charge >= 0.3 is 0 Å². The van der Waals surface area contributed by atoms with Crippen LogP contribution in [0.1, 0.15) is 33.6 Å². The maximum atomic E-state index is 12.8. The molecule has 1 amide bonds. The summed E-state index contributed by atoms with van der Waals surface area (Å²) in [6.45, 7) is 7.66. The maximum Gasteiger partial charge on any atom is 0.260 e. The van der Waals surface area contributed by atoms with Crippen LogP contribution in [0.15, 0.2) is 0 Å². The van der Waals surface area contributed by atoms with Gasteiger partial charge in [0.15, 0.2) is 0 Å². The molecule has 2 atom stereocenters. The van der Waals surface area contributed by atoms with Gasteiger partial charge in [0.2, 0.25) is 5.91 Å². The van der Waals surface area contributed by atoms with Crippen molar-refractivity contribution in [2.24, 2.45) is 17.3 Å². The molecule has 0 aromatic carbocycles. The van der Waals surface area contributed by atoms with Crippen molar-refractivity contribution in [2.75, 3.05) is 13.1 Å². The Morgan fingerprint density at radius 1 is 1.44 bits per heavy atom. The number of carbonyl (C=O) groups is 1. The molecular weight excluding hydrogens is 212 g/mol. The van der Waals surface area contributed by atoms with Gasteiger partial charge in [0, 0.05) is 19.5 Å². The van der Waals surface area contributed by atoms with Crippen LogP contribution in [0.3, 0.4) is 0 Å². The number of nitrogens with zero attached hydrogens (tertiary/aromatic N) is 1. The number of rotatable bonds is 2. The lowest BCUT2D eigenvalue weighted by atomic mass is 9.78. The Hall–Kier alpha value is -0.670. The summed E-state index contributed by atoms with van der Waals surface area (Å²) in [5.74, 6) is -3.62. The third kappa shape index (κ3) is 1.82. The SMILES string of the molecule is CC(C)[C@@]1(C)CCN(C(=O)[C@H]2CC2(F)F)C1. The Bertz CT molecular complexity index is 316. The van der Waals surface area contributed by atoms with Gasteiger partial charge in [0.25, 0.3) is 5.92 Å². The first-order chi connectivity index (χ1) is 7.26. The molecule has 2 aliphatic rings. The zero-order chi connectivity index (χ0) is 12.1. The molecule has 2 fully saturated rings. The van der Waals surface area contributed by atoms with Gasteiger partial charge < -0.3 is 4.90 Å². The van der Waals surface area contributed by atoms with Crippen LogP contribution in [-0.4, -0.2) is 29.8 Å². The summed E-state index contributed by atoms with van der Waals surface area (Å²) in [5.41, 5.74) is 0.0971. The van der Waals surface area contributed by atoms with E-state index in [2.05, 4.69) is 20.8 Å². The van der Waals surface area contributed by atoms with Crippen LogP contribution < -0.4 is 0 Å². The Kier molecular flexibility index (Phi) is 2.52. The van der Waals surface area contributed by atoms with Crippen LogP contribution in [0.5, 0.6) is 0 Å². The van der Waals surface area contributed by atoms with E-state index in [1.165, 1.54) is 0 Å². The summed E-state index contributed by atoms with van der Waals surface area (Å²) in [4.78, 5) is 13.4. The van der Waals surface area contributed by atoms with Gasteiger partial charge in [0.1, 0.15) is 5.92 Å². The van der Waals surface area contributed by atoms with Crippen LogP contribution in [-0.2, 0) is 4.79 Å². The first kappa shape index (κ1) is 11.8. The fraction of sp³-hybridized carbons (Fsp3) is 0.917. The monoisotopic (exact) mass is 231 g/mol. The van der Waals surface area contributed by atoms with Gasteiger partial charge in [-0.2, -0.15) is 0 Å². The normalized spacial score (nSPS) is 36.9. The smallest absolute Gasteiger partial charge is 0.260 e. The van der Waals surface area contributed by atoms with Gasteiger partial charge in [-0.25, -0.2) is 8.78 Å². The topological polar surface area (TPSA) is 20.3 Å². The lowest BCUT2D eigenvalue weighted by Gasteiger charge is -2.28. The number of alkyl halides is 2. The molecule has 0 aromatic rings. The van der Waals surface area contributed by atoms with Gasteiger partial charge in [0.05, 0.1) is 0 Å². The molecule has 4 heteroatoms. The predicted octanol–water partition coefficient (Wildman–Crippen LogP) is 2.54. The third-order valence-electron chi connectivity index (χ3n) is 4.33. The van der Waals surface area contributed by atoms with E-state index in [4.69, 9.17) is 0 Å². The lowest BCUT2D eigenvalue weighted by molar-refractivity contribution is -0.134. The van der Waals surface area contributed by atoms with E-state index in [0.29, 0.717) is 19.0 Å². The van der Waals surface area contributed by atoms with Gasteiger partial charge in [-0.1, -0.05) is 20.8 Å². The number of hydrogen-bond donors (Lipinski definition) is 0. The Balaban J connectivity index is 1.97. The first-order valence-corrected chi connectivity index (χ1v) is 5.93. The van der Waals surface area contributed by atoms with E-state index in [9.17, 15) is 13.6 Å². The Labute approximate surface area is 95.0 Å². The minimum absolute atomic E-state index is 0.0971. The highest BCUT2D eigenvalue weighted by Crippen LogP contribution is 2.50. The lowest BCUT2D eigenvalue weighted by Crippen LogP contribution is -2.35. The van der Waals surface area contributed by atoms with E-state index in [1.807, 2.05) is 0 Å². The second kappa shape index (κ2) is 3.41. The molecule has 1 aliphatic heterocycles. The predicted molar refractivity (Wildman–Crippen MR) is 57.2 cm³/mol. The number of amides is 1. The fourth-order valence-corrected chi connectivity index (χ4v) is 2.35. The van der Waals surface area contributed by atoms with Crippen LogP contribution >= 0.6 is 0 Å². The van der Waals surface area contributed by atoms with E-state index < -0.39 is 11.8 Å². The highest BCUT2D eigenvalue weighted by atomic mass is 19.3. The van der Waals surface area contributed by atoms with Crippen molar-refractivity contribution in [3.63, 3.8) is 0 Å². The van der Waals surface area contributed by atoms with Crippen molar-refractivity contribution >= 4 is 5.91 Å². The van der Waals surface area contributed by atoms with Crippen molar-refractivity contribution in [1.29, 1.82) is 0 Å².